The maximum Gasteiger partial charge on any atom is 0.472 e. The lowest BCUT2D eigenvalue weighted by atomic mass is 10.0. The van der Waals surface area contributed by atoms with Crippen molar-refractivity contribution in [2.45, 2.75) is 161 Å². The molecule has 0 saturated carbocycles. The molecule has 0 bridgehead atoms. The number of carbonyl (C=O) groups excluding carboxylic acids is 2. The van der Waals surface area contributed by atoms with Gasteiger partial charge in [-0.05, 0) is 38.5 Å². The summed E-state index contributed by atoms with van der Waals surface area (Å²) in [6.07, 6.45) is 38.8. The van der Waals surface area contributed by atoms with Crippen molar-refractivity contribution in [1.29, 1.82) is 0 Å². The lowest BCUT2D eigenvalue weighted by Gasteiger charge is -2.19. The van der Waals surface area contributed by atoms with Crippen molar-refractivity contribution >= 4 is 19.8 Å². The Bertz CT molecular complexity index is 949. The van der Waals surface area contributed by atoms with Crippen LogP contribution in [0.5, 0.6) is 0 Å². The van der Waals surface area contributed by atoms with Crippen LogP contribution in [0.15, 0.2) is 48.6 Å². The minimum Gasteiger partial charge on any atom is -0.462 e. The number of esters is 2. The van der Waals surface area contributed by atoms with E-state index in [2.05, 4.69) is 50.3 Å². The maximum atomic E-state index is 12.5. The standard InChI is InChI=1S/C39H70NO8P/c1-3-5-7-9-11-13-15-17-18-20-21-23-25-27-29-31-38(41)45-35-37(36-47-49(43,44)46-34-33-40)48-39(42)32-30-28-26-24-22-19-16-14-12-10-8-6-4-2/h6,8,12,14,19,22,26,28,37H,3-5,7,9-11,13,15-18,20-21,23-25,27,29-36,40H2,1-2H3,(H,43,44)/b8-6-,14-12-,22-19-,28-26-. The fourth-order valence-electron chi connectivity index (χ4n) is 4.94. The van der Waals surface area contributed by atoms with Crippen LogP contribution in [0.1, 0.15) is 155 Å². The molecule has 0 aliphatic carbocycles. The molecular formula is C39H70NO8P. The molecule has 2 atom stereocenters. The van der Waals surface area contributed by atoms with Crippen molar-refractivity contribution in [3.63, 3.8) is 0 Å². The molecule has 3 N–H and O–H groups in total. The Labute approximate surface area is 298 Å². The van der Waals surface area contributed by atoms with E-state index < -0.39 is 32.5 Å². The number of ether oxygens (including phenoxy) is 2. The predicted molar refractivity (Wildman–Crippen MR) is 201 cm³/mol. The summed E-state index contributed by atoms with van der Waals surface area (Å²) in [6.45, 7) is 3.52. The van der Waals surface area contributed by atoms with E-state index in [0.29, 0.717) is 6.42 Å². The fraction of sp³-hybridized carbons (Fsp3) is 0.744. The second-order valence-electron chi connectivity index (χ2n) is 12.4. The van der Waals surface area contributed by atoms with Crippen molar-refractivity contribution in [2.75, 3.05) is 26.4 Å². The van der Waals surface area contributed by atoms with Gasteiger partial charge in [0.2, 0.25) is 0 Å². The summed E-state index contributed by atoms with van der Waals surface area (Å²) < 4.78 is 32.5. The second kappa shape index (κ2) is 35.8. The number of nitrogens with two attached hydrogens (primary N) is 1. The highest BCUT2D eigenvalue weighted by molar-refractivity contribution is 7.47. The van der Waals surface area contributed by atoms with E-state index in [1.807, 2.05) is 12.2 Å². The molecule has 0 spiro atoms. The van der Waals surface area contributed by atoms with Crippen molar-refractivity contribution < 1.29 is 37.6 Å². The Kier molecular flexibility index (Phi) is 34.3. The molecule has 0 heterocycles. The Balaban J connectivity index is 4.30. The first-order chi connectivity index (χ1) is 23.8. The lowest BCUT2D eigenvalue weighted by molar-refractivity contribution is -0.161. The molecular weight excluding hydrogens is 641 g/mol. The van der Waals surface area contributed by atoms with E-state index in [4.69, 9.17) is 24.3 Å². The van der Waals surface area contributed by atoms with Crippen LogP contribution in [0.3, 0.4) is 0 Å². The van der Waals surface area contributed by atoms with E-state index >= 15 is 0 Å². The Morgan fingerprint density at radius 1 is 0.633 bits per heavy atom. The third-order valence-corrected chi connectivity index (χ3v) is 8.73. The van der Waals surface area contributed by atoms with E-state index in [1.54, 1.807) is 0 Å². The minimum absolute atomic E-state index is 0.0422. The molecule has 0 radical (unpaired) electrons. The normalized spacial score (nSPS) is 14.0. The monoisotopic (exact) mass is 711 g/mol. The lowest BCUT2D eigenvalue weighted by Crippen LogP contribution is -2.29. The van der Waals surface area contributed by atoms with Gasteiger partial charge in [-0.1, -0.05) is 152 Å². The van der Waals surface area contributed by atoms with E-state index in [1.165, 1.54) is 77.0 Å². The molecule has 2 unspecified atom stereocenters. The van der Waals surface area contributed by atoms with E-state index in [0.717, 1.165) is 44.9 Å². The summed E-state index contributed by atoms with van der Waals surface area (Å²) in [6, 6.07) is 0. The number of hydrogen-bond acceptors (Lipinski definition) is 8. The Morgan fingerprint density at radius 3 is 1.63 bits per heavy atom. The van der Waals surface area contributed by atoms with Gasteiger partial charge in [-0.15, -0.1) is 0 Å². The first-order valence-corrected chi connectivity index (χ1v) is 20.6. The van der Waals surface area contributed by atoms with Crippen LogP contribution in [0.4, 0.5) is 0 Å². The Hall–Kier alpha value is -2.03. The molecule has 284 valence electrons. The zero-order chi connectivity index (χ0) is 36.1. The number of phosphoric ester groups is 1. The van der Waals surface area contributed by atoms with Crippen LogP contribution in [0, 0.1) is 0 Å². The van der Waals surface area contributed by atoms with E-state index in [-0.39, 0.29) is 32.6 Å². The van der Waals surface area contributed by atoms with Gasteiger partial charge in [0, 0.05) is 19.4 Å². The van der Waals surface area contributed by atoms with Crippen LogP contribution < -0.4 is 5.73 Å². The average Bonchev–Trinajstić information content (AvgIpc) is 3.08. The third kappa shape index (κ3) is 35.6. The molecule has 0 saturated heterocycles. The number of hydrogen-bond donors (Lipinski definition) is 2. The van der Waals surface area contributed by atoms with Crippen LogP contribution in [-0.2, 0) is 32.7 Å². The van der Waals surface area contributed by atoms with Gasteiger partial charge in [-0.25, -0.2) is 4.57 Å². The first kappa shape index (κ1) is 47.0. The highest BCUT2D eigenvalue weighted by Gasteiger charge is 2.25. The zero-order valence-corrected chi connectivity index (χ0v) is 31.8. The van der Waals surface area contributed by atoms with Crippen LogP contribution in [0.25, 0.3) is 0 Å². The van der Waals surface area contributed by atoms with Gasteiger partial charge in [0.25, 0.3) is 0 Å². The summed E-state index contributed by atoms with van der Waals surface area (Å²) in [4.78, 5) is 34.6. The second-order valence-corrected chi connectivity index (χ2v) is 13.9. The average molecular weight is 712 g/mol. The molecule has 0 aromatic rings. The fourth-order valence-corrected chi connectivity index (χ4v) is 5.71. The molecule has 10 heteroatoms. The third-order valence-electron chi connectivity index (χ3n) is 7.74. The van der Waals surface area contributed by atoms with Crippen molar-refractivity contribution in [3.05, 3.63) is 48.6 Å². The minimum atomic E-state index is -4.39. The summed E-state index contributed by atoms with van der Waals surface area (Å²) in [5.74, 6) is -0.924. The van der Waals surface area contributed by atoms with Gasteiger partial charge in [0.15, 0.2) is 6.10 Å². The highest BCUT2D eigenvalue weighted by Crippen LogP contribution is 2.43. The molecule has 49 heavy (non-hydrogen) atoms. The summed E-state index contributed by atoms with van der Waals surface area (Å²) in [7, 11) is -4.39. The number of rotatable bonds is 35. The highest BCUT2D eigenvalue weighted by atomic mass is 31.2. The quantitative estimate of drug-likeness (QED) is 0.0285. The molecule has 9 nitrogen and oxygen atoms in total. The molecule has 0 aliphatic rings. The van der Waals surface area contributed by atoms with Gasteiger partial charge in [-0.3, -0.25) is 18.6 Å². The molecule has 0 amide bonds. The molecule has 0 aromatic carbocycles. The van der Waals surface area contributed by atoms with Crippen molar-refractivity contribution in [2.24, 2.45) is 5.73 Å². The number of phosphoric acid groups is 1. The van der Waals surface area contributed by atoms with Gasteiger partial charge in [0.1, 0.15) is 6.61 Å². The van der Waals surface area contributed by atoms with Crippen LogP contribution in [0.2, 0.25) is 0 Å². The largest absolute Gasteiger partial charge is 0.472 e. The van der Waals surface area contributed by atoms with Crippen LogP contribution >= 0.6 is 7.82 Å². The van der Waals surface area contributed by atoms with Gasteiger partial charge in [0.05, 0.1) is 13.2 Å². The summed E-state index contributed by atoms with van der Waals surface area (Å²) >= 11 is 0. The van der Waals surface area contributed by atoms with Crippen molar-refractivity contribution in [3.8, 4) is 0 Å². The zero-order valence-electron chi connectivity index (χ0n) is 30.9. The predicted octanol–water partition coefficient (Wildman–Crippen LogP) is 10.4. The van der Waals surface area contributed by atoms with Gasteiger partial charge >= 0.3 is 19.8 Å². The van der Waals surface area contributed by atoms with Gasteiger partial charge < -0.3 is 20.1 Å². The summed E-state index contributed by atoms with van der Waals surface area (Å²) in [5, 5.41) is 0. The molecule has 0 rings (SSSR count). The first-order valence-electron chi connectivity index (χ1n) is 19.1. The number of unbranched alkanes of at least 4 members (excludes halogenated alkanes) is 14. The maximum absolute atomic E-state index is 12.5. The number of carbonyl (C=O) groups is 2. The topological polar surface area (TPSA) is 134 Å². The Morgan fingerprint density at radius 2 is 1.12 bits per heavy atom. The molecule has 0 aliphatic heterocycles. The van der Waals surface area contributed by atoms with Gasteiger partial charge in [-0.2, -0.15) is 0 Å². The molecule has 0 aromatic heterocycles. The smallest absolute Gasteiger partial charge is 0.462 e. The SMILES string of the molecule is CC/C=C\C/C=C\C/C=C\C/C=C\CCC(=O)OC(COC(=O)CCCCCCCCCCCCCCCCC)COP(=O)(O)OCCN. The van der Waals surface area contributed by atoms with Crippen molar-refractivity contribution in [1.82, 2.24) is 0 Å². The molecule has 0 fully saturated rings. The van der Waals surface area contributed by atoms with E-state index in [9.17, 15) is 19.0 Å². The van der Waals surface area contributed by atoms with Crippen LogP contribution in [-0.4, -0.2) is 49.3 Å². The summed E-state index contributed by atoms with van der Waals surface area (Å²) in [5.41, 5.74) is 5.32. The number of allylic oxidation sites excluding steroid dienone is 8.